The highest BCUT2D eigenvalue weighted by molar-refractivity contribution is 7.98. The van der Waals surface area contributed by atoms with Crippen LogP contribution in [0.15, 0.2) is 53.7 Å². The van der Waals surface area contributed by atoms with Crippen molar-refractivity contribution in [2.24, 2.45) is 0 Å². The lowest BCUT2D eigenvalue weighted by molar-refractivity contribution is -0.179. The number of piperidine rings is 1. The number of ether oxygens (including phenoxy) is 4. The molecule has 204 valence electrons. The molecule has 0 N–H and O–H groups in total. The van der Waals surface area contributed by atoms with Crippen LogP contribution in [0.4, 0.5) is 4.79 Å². The van der Waals surface area contributed by atoms with Gasteiger partial charge in [-0.05, 0) is 51.1 Å². The van der Waals surface area contributed by atoms with Crippen molar-refractivity contribution >= 4 is 28.7 Å². The highest BCUT2D eigenvalue weighted by atomic mass is 32.2. The smallest absolute Gasteiger partial charge is 0.496 e. The minimum atomic E-state index is -0.721. The molecule has 0 amide bonds. The minimum Gasteiger partial charge on any atom is -0.496 e. The summed E-state index contributed by atoms with van der Waals surface area (Å²) in [4.78, 5) is 22.5. The van der Waals surface area contributed by atoms with Gasteiger partial charge in [0.15, 0.2) is 0 Å². The lowest BCUT2D eigenvalue weighted by atomic mass is 9.88. The van der Waals surface area contributed by atoms with Gasteiger partial charge < -0.3 is 23.8 Å². The number of aromatic nitrogens is 1. The maximum Gasteiger partial charge on any atom is 0.528 e. The summed E-state index contributed by atoms with van der Waals surface area (Å²) in [5.41, 5.74) is 1.33. The predicted molar refractivity (Wildman–Crippen MR) is 148 cm³/mol. The van der Waals surface area contributed by atoms with Crippen molar-refractivity contribution in [3.8, 4) is 11.5 Å². The predicted octanol–water partition coefficient (Wildman–Crippen LogP) is 6.22. The topological polar surface area (TPSA) is 79.4 Å². The largest absolute Gasteiger partial charge is 0.528 e. The van der Waals surface area contributed by atoms with Crippen LogP contribution < -0.4 is 9.47 Å². The fourth-order valence-electron chi connectivity index (χ4n) is 4.71. The summed E-state index contributed by atoms with van der Waals surface area (Å²) in [7, 11) is 3.32. The van der Waals surface area contributed by atoms with Crippen LogP contribution >= 0.6 is 11.8 Å². The molecule has 0 bridgehead atoms. The molecule has 1 aliphatic rings. The first kappa shape index (κ1) is 28.0. The molecule has 1 saturated heterocycles. The summed E-state index contributed by atoms with van der Waals surface area (Å²) in [6.45, 7) is 6.67. The molecule has 2 atom stereocenters. The Hall–Kier alpha value is -3.01. The molecule has 0 aliphatic carbocycles. The molecule has 0 radical (unpaired) electrons. The maximum atomic E-state index is 12.3. The normalized spacial score (nSPS) is 18.3. The first-order valence-electron chi connectivity index (χ1n) is 12.6. The van der Waals surface area contributed by atoms with Gasteiger partial charge in [0, 0.05) is 35.0 Å². The third-order valence-corrected chi connectivity index (χ3v) is 7.08. The highest BCUT2D eigenvalue weighted by Gasteiger charge is 2.34. The average Bonchev–Trinajstić information content (AvgIpc) is 2.90. The summed E-state index contributed by atoms with van der Waals surface area (Å²) in [5, 5.41) is 4.52. The molecule has 8 nitrogen and oxygen atoms in total. The van der Waals surface area contributed by atoms with Gasteiger partial charge in [0.1, 0.15) is 17.1 Å². The molecule has 3 aromatic rings. The number of hydroxylamine groups is 2. The Bertz CT molecular complexity index is 1240. The molecule has 9 heteroatoms. The molecule has 0 spiro atoms. The Kier molecular flexibility index (Phi) is 9.02. The van der Waals surface area contributed by atoms with Gasteiger partial charge in [-0.2, -0.15) is 0 Å². The summed E-state index contributed by atoms with van der Waals surface area (Å²) < 4.78 is 23.4. The van der Waals surface area contributed by atoms with Crippen LogP contribution in [0.3, 0.4) is 0 Å². The molecule has 2 heterocycles. The number of pyridine rings is 1. The fraction of sp³-hybridized carbons (Fsp3) is 0.448. The first-order chi connectivity index (χ1) is 18.2. The van der Waals surface area contributed by atoms with Gasteiger partial charge in [-0.1, -0.05) is 30.3 Å². The number of methoxy groups -OCH3 is 2. The quantitative estimate of drug-likeness (QED) is 0.244. The Balaban J connectivity index is 1.58. The van der Waals surface area contributed by atoms with E-state index in [4.69, 9.17) is 23.8 Å². The number of thioether (sulfide) groups is 1. The molecule has 2 aromatic carbocycles. The minimum absolute atomic E-state index is 0.0743. The monoisotopic (exact) mass is 540 g/mol. The molecule has 38 heavy (non-hydrogen) atoms. The molecule has 0 saturated carbocycles. The molecule has 1 fully saturated rings. The average molecular weight is 541 g/mol. The van der Waals surface area contributed by atoms with E-state index in [1.54, 1.807) is 31.0 Å². The van der Waals surface area contributed by atoms with E-state index in [-0.39, 0.29) is 12.0 Å². The molecule has 2 unspecified atom stereocenters. The maximum absolute atomic E-state index is 12.3. The van der Waals surface area contributed by atoms with E-state index >= 15 is 0 Å². The van der Waals surface area contributed by atoms with E-state index in [1.165, 1.54) is 0 Å². The van der Waals surface area contributed by atoms with Gasteiger partial charge in [-0.15, -0.1) is 16.8 Å². The first-order valence-corrected chi connectivity index (χ1v) is 13.8. The third kappa shape index (κ3) is 6.70. The molecule has 4 rings (SSSR count). The molecule has 1 aromatic heterocycles. The lowest BCUT2D eigenvalue weighted by Crippen LogP contribution is -2.45. The fourth-order valence-corrected chi connectivity index (χ4v) is 5.07. The number of nitrogens with zero attached hydrogens (tertiary/aromatic N) is 2. The second kappa shape index (κ2) is 12.2. The summed E-state index contributed by atoms with van der Waals surface area (Å²) in [6, 6.07) is 14.1. The van der Waals surface area contributed by atoms with Crippen LogP contribution in [-0.4, -0.2) is 61.5 Å². The molecular formula is C29H36N2O6S. The van der Waals surface area contributed by atoms with Gasteiger partial charge in [0.2, 0.25) is 0 Å². The van der Waals surface area contributed by atoms with Crippen LogP contribution in [0.25, 0.3) is 10.8 Å². The van der Waals surface area contributed by atoms with Crippen LogP contribution in [0, 0.1) is 0 Å². The third-order valence-electron chi connectivity index (χ3n) is 6.42. The Morgan fingerprint density at radius 2 is 1.87 bits per heavy atom. The summed E-state index contributed by atoms with van der Waals surface area (Å²) >= 11 is 1.60. The Morgan fingerprint density at radius 3 is 2.50 bits per heavy atom. The van der Waals surface area contributed by atoms with Crippen LogP contribution in [-0.2, 0) is 20.9 Å². The highest BCUT2D eigenvalue weighted by Crippen LogP contribution is 2.38. The van der Waals surface area contributed by atoms with Gasteiger partial charge in [-0.25, -0.2) is 9.78 Å². The van der Waals surface area contributed by atoms with E-state index < -0.39 is 11.8 Å². The number of carbonyl (C=O) groups excluding carboxylic acids is 1. The van der Waals surface area contributed by atoms with E-state index in [2.05, 4.69) is 11.1 Å². The zero-order valence-corrected chi connectivity index (χ0v) is 23.7. The van der Waals surface area contributed by atoms with Crippen molar-refractivity contribution in [1.82, 2.24) is 10.0 Å². The van der Waals surface area contributed by atoms with Crippen LogP contribution in [0.5, 0.6) is 11.5 Å². The number of rotatable bonds is 8. The van der Waals surface area contributed by atoms with Crippen molar-refractivity contribution in [1.29, 1.82) is 0 Å². The van der Waals surface area contributed by atoms with E-state index in [1.807, 2.05) is 69.6 Å². The second-order valence-electron chi connectivity index (χ2n) is 10.1. The van der Waals surface area contributed by atoms with E-state index in [9.17, 15) is 4.79 Å². The Labute approximate surface area is 228 Å². The second-order valence-corrected chi connectivity index (χ2v) is 11.0. The van der Waals surface area contributed by atoms with Gasteiger partial charge in [-0.3, -0.25) is 0 Å². The van der Waals surface area contributed by atoms with Crippen LogP contribution in [0.1, 0.15) is 44.2 Å². The van der Waals surface area contributed by atoms with Crippen LogP contribution in [0.2, 0.25) is 0 Å². The number of fused-ring (bicyclic) bond motifs is 1. The number of hydrogen-bond donors (Lipinski definition) is 0. The SMILES string of the molecule is COc1cc(COC2CN(OC(=O)OC(C)(C)C)CCC2c2ccc(SC)nc2)c(OC)c2ccccc12. The van der Waals surface area contributed by atoms with Crippen molar-refractivity contribution < 1.29 is 28.6 Å². The van der Waals surface area contributed by atoms with Gasteiger partial charge >= 0.3 is 6.16 Å². The van der Waals surface area contributed by atoms with E-state index in [0.29, 0.717) is 19.7 Å². The zero-order chi connectivity index (χ0) is 27.3. The van der Waals surface area contributed by atoms with Crippen molar-refractivity contribution in [2.45, 2.75) is 56.4 Å². The molecule has 1 aliphatic heterocycles. The number of benzene rings is 2. The zero-order valence-electron chi connectivity index (χ0n) is 22.9. The summed E-state index contributed by atoms with van der Waals surface area (Å²) in [5.74, 6) is 1.58. The Morgan fingerprint density at radius 1 is 1.11 bits per heavy atom. The summed E-state index contributed by atoms with van der Waals surface area (Å²) in [6.07, 6.45) is 3.66. The number of carbonyl (C=O) groups is 1. The van der Waals surface area contributed by atoms with Gasteiger partial charge in [0.25, 0.3) is 0 Å². The van der Waals surface area contributed by atoms with Gasteiger partial charge in [0.05, 0.1) is 38.5 Å². The molecular weight excluding hydrogens is 504 g/mol. The lowest BCUT2D eigenvalue weighted by Gasteiger charge is -2.37. The van der Waals surface area contributed by atoms with Crippen molar-refractivity contribution in [3.63, 3.8) is 0 Å². The van der Waals surface area contributed by atoms with E-state index in [0.717, 1.165) is 44.8 Å². The standard InChI is InChI=1S/C29H36N2O6S/c1-29(2,3)36-28(32)37-31-14-13-21(19-11-12-26(38-6)30-16-19)25(17-31)35-18-20-15-24(33-4)22-9-7-8-10-23(22)27(20)34-5/h7-12,15-16,21,25H,13-14,17-18H2,1-6H3. The van der Waals surface area contributed by atoms with Crippen molar-refractivity contribution in [3.05, 3.63) is 59.8 Å². The number of hydrogen-bond acceptors (Lipinski definition) is 9. The van der Waals surface area contributed by atoms with Crippen molar-refractivity contribution in [2.75, 3.05) is 33.6 Å².